The number of hydrogen-bond donors (Lipinski definition) is 1. The van der Waals surface area contributed by atoms with Gasteiger partial charge in [-0.15, -0.1) is 0 Å². The van der Waals surface area contributed by atoms with Crippen molar-refractivity contribution in [2.24, 2.45) is 5.73 Å². The zero-order chi connectivity index (χ0) is 10.8. The summed E-state index contributed by atoms with van der Waals surface area (Å²) in [5.41, 5.74) is 7.88. The zero-order valence-corrected chi connectivity index (χ0v) is 9.98. The minimum Gasteiger partial charge on any atom is -0.320 e. The molecule has 15 heavy (non-hydrogen) atoms. The third kappa shape index (κ3) is 2.32. The molecule has 0 unspecified atom stereocenters. The molecule has 78 valence electrons. The molecule has 2 aromatic heterocycles. The fourth-order valence-corrected chi connectivity index (χ4v) is 2.45. The third-order valence-electron chi connectivity index (χ3n) is 2.08. The van der Waals surface area contributed by atoms with Gasteiger partial charge in [-0.3, -0.25) is 0 Å². The summed E-state index contributed by atoms with van der Waals surface area (Å²) < 4.78 is 0. The van der Waals surface area contributed by atoms with Gasteiger partial charge >= 0.3 is 0 Å². The van der Waals surface area contributed by atoms with Gasteiger partial charge in [0.1, 0.15) is 10.3 Å². The van der Waals surface area contributed by atoms with Crippen molar-refractivity contribution in [3.8, 4) is 0 Å². The highest BCUT2D eigenvalue weighted by Crippen LogP contribution is 2.27. The molecule has 0 saturated heterocycles. The van der Waals surface area contributed by atoms with Gasteiger partial charge in [0.15, 0.2) is 0 Å². The maximum Gasteiger partial charge on any atom is 0.135 e. The third-order valence-corrected chi connectivity index (χ3v) is 3.30. The Labute approximate surface area is 102 Å². The molecule has 0 amide bonds. The Morgan fingerprint density at radius 2 is 2.07 bits per heavy atom. The molecular formula is C10H8Cl2N2S. The fourth-order valence-electron chi connectivity index (χ4n) is 1.29. The Morgan fingerprint density at radius 1 is 1.27 bits per heavy atom. The Hall–Kier alpha value is -0.610. The van der Waals surface area contributed by atoms with Gasteiger partial charge < -0.3 is 5.73 Å². The van der Waals surface area contributed by atoms with Crippen LogP contribution in [0, 0.1) is 0 Å². The predicted octanol–water partition coefficient (Wildman–Crippen LogP) is 3.50. The van der Waals surface area contributed by atoms with Crippen molar-refractivity contribution in [1.29, 1.82) is 0 Å². The van der Waals surface area contributed by atoms with Gasteiger partial charge in [0.05, 0.1) is 6.04 Å². The first-order valence-corrected chi connectivity index (χ1v) is 5.98. The minimum atomic E-state index is -0.242. The molecule has 0 radical (unpaired) electrons. The molecule has 0 spiro atoms. The van der Waals surface area contributed by atoms with E-state index in [0.29, 0.717) is 10.3 Å². The van der Waals surface area contributed by atoms with E-state index >= 15 is 0 Å². The van der Waals surface area contributed by atoms with Crippen LogP contribution in [0.4, 0.5) is 0 Å². The van der Waals surface area contributed by atoms with Crippen LogP contribution in [0.2, 0.25) is 10.3 Å². The number of halogens is 2. The molecule has 0 aliphatic heterocycles. The van der Waals surface area contributed by atoms with Crippen molar-refractivity contribution in [3.05, 3.63) is 50.4 Å². The lowest BCUT2D eigenvalue weighted by atomic mass is 10.0. The summed E-state index contributed by atoms with van der Waals surface area (Å²) in [6, 6.07) is 5.23. The smallest absolute Gasteiger partial charge is 0.135 e. The zero-order valence-electron chi connectivity index (χ0n) is 7.65. The van der Waals surface area contributed by atoms with Crippen molar-refractivity contribution in [2.45, 2.75) is 6.04 Å². The lowest BCUT2D eigenvalue weighted by molar-refractivity contribution is 0.869. The normalized spacial score (nSPS) is 12.7. The maximum absolute atomic E-state index is 6.05. The van der Waals surface area contributed by atoms with Crippen LogP contribution in [0.5, 0.6) is 0 Å². The Morgan fingerprint density at radius 3 is 2.67 bits per heavy atom. The van der Waals surface area contributed by atoms with Crippen LogP contribution in [-0.2, 0) is 0 Å². The highest BCUT2D eigenvalue weighted by molar-refractivity contribution is 7.08. The summed E-state index contributed by atoms with van der Waals surface area (Å²) in [5, 5.41) is 4.71. The Balaban J connectivity index is 2.38. The molecule has 0 saturated carbocycles. The van der Waals surface area contributed by atoms with E-state index in [1.54, 1.807) is 23.5 Å². The number of nitrogens with two attached hydrogens (primary N) is 1. The van der Waals surface area contributed by atoms with Gasteiger partial charge in [0, 0.05) is 5.56 Å². The van der Waals surface area contributed by atoms with E-state index in [1.807, 2.05) is 16.8 Å². The molecule has 2 nitrogen and oxygen atoms in total. The summed E-state index contributed by atoms with van der Waals surface area (Å²) in [6.45, 7) is 0. The molecule has 2 N–H and O–H groups in total. The molecule has 0 bridgehead atoms. The van der Waals surface area contributed by atoms with Gasteiger partial charge in [0.2, 0.25) is 0 Å². The summed E-state index contributed by atoms with van der Waals surface area (Å²) >= 11 is 13.3. The van der Waals surface area contributed by atoms with E-state index in [4.69, 9.17) is 28.9 Å². The van der Waals surface area contributed by atoms with E-state index in [0.717, 1.165) is 11.1 Å². The topological polar surface area (TPSA) is 38.9 Å². The van der Waals surface area contributed by atoms with Crippen LogP contribution in [0.25, 0.3) is 0 Å². The van der Waals surface area contributed by atoms with E-state index < -0.39 is 0 Å². The molecule has 5 heteroatoms. The van der Waals surface area contributed by atoms with Crippen LogP contribution in [0.15, 0.2) is 29.0 Å². The van der Waals surface area contributed by atoms with Crippen molar-refractivity contribution < 1.29 is 0 Å². The van der Waals surface area contributed by atoms with Crippen LogP contribution in [0.3, 0.4) is 0 Å². The molecule has 2 heterocycles. The summed E-state index contributed by atoms with van der Waals surface area (Å²) in [4.78, 5) is 3.96. The maximum atomic E-state index is 6.05. The highest BCUT2D eigenvalue weighted by atomic mass is 35.5. The Kier molecular flexibility index (Phi) is 3.26. The van der Waals surface area contributed by atoms with Crippen LogP contribution in [-0.4, -0.2) is 4.98 Å². The average molecular weight is 259 g/mol. The lowest BCUT2D eigenvalue weighted by Gasteiger charge is -2.11. The first kappa shape index (κ1) is 10.9. The second-order valence-corrected chi connectivity index (χ2v) is 4.57. The standard InChI is InChI=1S/C10H8Cl2N2S/c11-8-2-1-7(10(12)14-8)9(13)6-3-4-15-5-6/h1-5,9H,13H2/t9-/m0/s1. The Bertz CT molecular complexity index is 456. The van der Waals surface area contributed by atoms with Gasteiger partial charge in [-0.25, -0.2) is 4.98 Å². The first-order valence-electron chi connectivity index (χ1n) is 4.28. The molecule has 1 atom stereocenters. The molecule has 0 fully saturated rings. The molecule has 0 aliphatic carbocycles. The molecular weight excluding hydrogens is 251 g/mol. The van der Waals surface area contributed by atoms with Gasteiger partial charge in [0.25, 0.3) is 0 Å². The van der Waals surface area contributed by atoms with E-state index in [9.17, 15) is 0 Å². The second kappa shape index (κ2) is 4.49. The van der Waals surface area contributed by atoms with Crippen molar-refractivity contribution in [1.82, 2.24) is 4.98 Å². The summed E-state index contributed by atoms with van der Waals surface area (Å²) in [7, 11) is 0. The number of hydrogen-bond acceptors (Lipinski definition) is 3. The lowest BCUT2D eigenvalue weighted by Crippen LogP contribution is -2.11. The van der Waals surface area contributed by atoms with Gasteiger partial charge in [-0.1, -0.05) is 29.3 Å². The fraction of sp³-hybridized carbons (Fsp3) is 0.100. The predicted molar refractivity (Wildman–Crippen MR) is 64.6 cm³/mol. The first-order chi connectivity index (χ1) is 7.18. The van der Waals surface area contributed by atoms with Crippen LogP contribution < -0.4 is 5.73 Å². The monoisotopic (exact) mass is 258 g/mol. The largest absolute Gasteiger partial charge is 0.320 e. The van der Waals surface area contributed by atoms with Crippen molar-refractivity contribution in [2.75, 3.05) is 0 Å². The van der Waals surface area contributed by atoms with E-state index in [1.165, 1.54) is 0 Å². The van der Waals surface area contributed by atoms with Crippen LogP contribution in [0.1, 0.15) is 17.2 Å². The second-order valence-electron chi connectivity index (χ2n) is 3.05. The number of thiophene rings is 1. The number of rotatable bonds is 2. The minimum absolute atomic E-state index is 0.242. The SMILES string of the molecule is N[C@@H](c1ccsc1)c1ccc(Cl)nc1Cl. The van der Waals surface area contributed by atoms with Gasteiger partial charge in [-0.05, 0) is 28.5 Å². The number of aromatic nitrogens is 1. The molecule has 2 rings (SSSR count). The van der Waals surface area contributed by atoms with E-state index in [-0.39, 0.29) is 6.04 Å². The van der Waals surface area contributed by atoms with Gasteiger partial charge in [-0.2, -0.15) is 11.3 Å². The van der Waals surface area contributed by atoms with Crippen molar-refractivity contribution in [3.63, 3.8) is 0 Å². The number of nitrogens with zero attached hydrogens (tertiary/aromatic N) is 1. The summed E-state index contributed by atoms with van der Waals surface area (Å²) in [5.74, 6) is 0. The molecule has 0 aliphatic rings. The van der Waals surface area contributed by atoms with E-state index in [2.05, 4.69) is 4.98 Å². The average Bonchev–Trinajstić information content (AvgIpc) is 2.69. The number of pyridine rings is 1. The van der Waals surface area contributed by atoms with Crippen molar-refractivity contribution >= 4 is 34.5 Å². The summed E-state index contributed by atoms with van der Waals surface area (Å²) in [6.07, 6.45) is 0. The highest BCUT2D eigenvalue weighted by Gasteiger charge is 2.13. The quantitative estimate of drug-likeness (QED) is 0.838. The molecule has 2 aromatic rings. The van der Waals surface area contributed by atoms with Crippen LogP contribution >= 0.6 is 34.5 Å². The molecule has 0 aromatic carbocycles.